The van der Waals surface area contributed by atoms with Gasteiger partial charge in [0.1, 0.15) is 0 Å². The topological polar surface area (TPSA) is 0 Å². The van der Waals surface area contributed by atoms with E-state index in [1.165, 1.54) is 0 Å². The predicted octanol–water partition coefficient (Wildman–Crippen LogP) is 5.72. The van der Waals surface area contributed by atoms with Crippen LogP contribution in [0.4, 0.5) is 25.2 Å². The van der Waals surface area contributed by atoms with Crippen molar-refractivity contribution in [3.63, 3.8) is 0 Å². The maximum atomic E-state index is 9.87. The summed E-state index contributed by atoms with van der Waals surface area (Å²) in [7, 11) is -10.7. The Balaban J connectivity index is 0. The molecule has 0 aromatic carbocycles. The molecule has 0 N–H and O–H groups in total. The minimum atomic E-state index is -10.7. The zero-order chi connectivity index (χ0) is 10.9. The average Bonchev–Trinajstić information content (AvgIpc) is 1.04. The molecule has 0 aliphatic rings. The summed E-state index contributed by atoms with van der Waals surface area (Å²) in [6, 6.07) is 0. The van der Waals surface area contributed by atoms with Crippen LogP contribution in [0.15, 0.2) is 0 Å². The molecule has 0 saturated carbocycles. The maximum absolute atomic E-state index is 10.7. The van der Waals surface area contributed by atoms with Gasteiger partial charge < -0.3 is 0 Å². The van der Waals surface area contributed by atoms with Crippen LogP contribution >= 0.6 is 7.81 Å². The molecule has 85 valence electrons. The standard InChI is InChI=1S/4CH3.F6P.Rh/c;;;;1-7(2,3,4,5)6;/h4*1H3;;/q;;;;-1;. The van der Waals surface area contributed by atoms with E-state index in [0.29, 0.717) is 0 Å². The molecule has 0 heterocycles. The molecular formula is C4H12F6PRh-. The van der Waals surface area contributed by atoms with Crippen molar-refractivity contribution in [2.75, 3.05) is 0 Å². The first kappa shape index (κ1) is 15.1. The molecule has 0 radical (unpaired) electrons. The van der Waals surface area contributed by atoms with Crippen LogP contribution in [0, 0.1) is 0 Å². The molecule has 0 atom stereocenters. The third kappa shape index (κ3) is 2460. The van der Waals surface area contributed by atoms with Crippen LogP contribution in [-0.2, 0) is 14.8 Å². The molecule has 8 heteroatoms. The zero-order valence-electron chi connectivity index (χ0n) is 7.05. The Labute approximate surface area is 70.4 Å². The van der Waals surface area contributed by atoms with Crippen molar-refractivity contribution < 1.29 is 40.0 Å². The molecule has 0 spiro atoms. The summed E-state index contributed by atoms with van der Waals surface area (Å²) in [6.07, 6.45) is 0. The second-order valence-electron chi connectivity index (χ2n) is 2.96. The van der Waals surface area contributed by atoms with Gasteiger partial charge in [-0.2, -0.15) is 0 Å². The molecule has 0 saturated heterocycles. The van der Waals surface area contributed by atoms with E-state index in [4.69, 9.17) is 0 Å². The third-order valence-corrected chi connectivity index (χ3v) is 0. The van der Waals surface area contributed by atoms with Crippen molar-refractivity contribution in [1.82, 2.24) is 0 Å². The Kier molecular flexibility index (Phi) is 3.54. The molecule has 0 aliphatic carbocycles. The number of hydrogen-bond acceptors (Lipinski definition) is 0. The normalized spacial score (nSPS) is 19.8. The van der Waals surface area contributed by atoms with Gasteiger partial charge in [0, 0.05) is 0 Å². The van der Waals surface area contributed by atoms with E-state index in [9.17, 15) is 25.2 Å². The minimum absolute atomic E-state index is 0.780. The average molecular weight is 308 g/mol. The van der Waals surface area contributed by atoms with E-state index in [1.54, 1.807) is 0 Å². The van der Waals surface area contributed by atoms with Crippen molar-refractivity contribution in [3.05, 3.63) is 0 Å². The number of halogens is 6. The van der Waals surface area contributed by atoms with Gasteiger partial charge in [-0.3, -0.25) is 0 Å². The molecule has 0 rings (SSSR count). The predicted molar refractivity (Wildman–Crippen MR) is 37.0 cm³/mol. The molecule has 0 aromatic heterocycles. The fourth-order valence-corrected chi connectivity index (χ4v) is 0. The Morgan fingerprint density at radius 2 is 0.667 bits per heavy atom. The molecule has 0 aromatic rings. The molecular weight excluding hydrogens is 296 g/mol. The Morgan fingerprint density at radius 3 is 0.667 bits per heavy atom. The van der Waals surface area contributed by atoms with Gasteiger partial charge in [-0.25, -0.2) is 0 Å². The third-order valence-electron chi connectivity index (χ3n) is 0. The second-order valence-corrected chi connectivity index (χ2v) is 14.7. The summed E-state index contributed by atoms with van der Waals surface area (Å²) in [5.41, 5.74) is 9.39. The first-order chi connectivity index (χ1) is 4.45. The van der Waals surface area contributed by atoms with E-state index in [0.717, 1.165) is 0 Å². The molecule has 12 heavy (non-hydrogen) atoms. The van der Waals surface area contributed by atoms with Crippen LogP contribution in [0.2, 0.25) is 22.1 Å². The van der Waals surface area contributed by atoms with Crippen LogP contribution < -0.4 is 0 Å². The van der Waals surface area contributed by atoms with Gasteiger partial charge in [-0.05, 0) is 0 Å². The molecule has 0 unspecified atom stereocenters. The Hall–Kier alpha value is 0.633. The van der Waals surface area contributed by atoms with Crippen molar-refractivity contribution in [2.24, 2.45) is 0 Å². The van der Waals surface area contributed by atoms with E-state index >= 15 is 0 Å². The Morgan fingerprint density at radius 1 is 0.667 bits per heavy atom. The SMILES string of the molecule is F[P-](F)(F)(F)(F)F.[CH3][Rh]([CH3])([CH3])[CH3]. The van der Waals surface area contributed by atoms with E-state index in [1.807, 2.05) is 0 Å². The van der Waals surface area contributed by atoms with Crippen molar-refractivity contribution in [1.29, 1.82) is 0 Å². The van der Waals surface area contributed by atoms with Gasteiger partial charge in [-0.1, -0.05) is 0 Å². The van der Waals surface area contributed by atoms with Crippen molar-refractivity contribution in [3.8, 4) is 0 Å². The molecule has 0 aliphatic heterocycles. The second kappa shape index (κ2) is 2.81. The van der Waals surface area contributed by atoms with E-state index in [-0.39, 0.29) is 0 Å². The summed E-state index contributed by atoms with van der Waals surface area (Å²) in [4.78, 5) is 0. The molecule has 0 fully saturated rings. The van der Waals surface area contributed by atoms with Gasteiger partial charge in [0.25, 0.3) is 0 Å². The van der Waals surface area contributed by atoms with Crippen molar-refractivity contribution in [2.45, 2.75) is 22.1 Å². The first-order valence-electron chi connectivity index (χ1n) is 2.35. The van der Waals surface area contributed by atoms with Crippen molar-refractivity contribution >= 4 is 7.81 Å². The monoisotopic (exact) mass is 308 g/mol. The quantitative estimate of drug-likeness (QED) is 0.305. The summed E-state index contributed by atoms with van der Waals surface area (Å²) in [5, 5.41) is 0. The van der Waals surface area contributed by atoms with Gasteiger partial charge in [0.2, 0.25) is 0 Å². The summed E-state index contributed by atoms with van der Waals surface area (Å²) in [6.45, 7) is 0. The van der Waals surface area contributed by atoms with Gasteiger partial charge in [0.15, 0.2) is 0 Å². The van der Waals surface area contributed by atoms with E-state index in [2.05, 4.69) is 22.1 Å². The Bertz CT molecular complexity index is 130. The number of rotatable bonds is 0. The van der Waals surface area contributed by atoms with Crippen LogP contribution in [0.3, 0.4) is 0 Å². The molecule has 0 bridgehead atoms. The van der Waals surface area contributed by atoms with Gasteiger partial charge >= 0.3 is 69.8 Å². The molecule has 0 nitrogen and oxygen atoms in total. The van der Waals surface area contributed by atoms with E-state index < -0.39 is 22.6 Å². The first-order valence-corrected chi connectivity index (χ1v) is 10.9. The number of hydrogen-bond donors (Lipinski definition) is 0. The van der Waals surface area contributed by atoms with Crippen LogP contribution in [0.25, 0.3) is 0 Å². The summed E-state index contributed by atoms with van der Waals surface area (Å²) in [5.74, 6) is 0. The summed E-state index contributed by atoms with van der Waals surface area (Å²) >= 11 is -0.780. The van der Waals surface area contributed by atoms with Crippen LogP contribution in [-0.4, -0.2) is 0 Å². The van der Waals surface area contributed by atoms with Gasteiger partial charge in [0.05, 0.1) is 0 Å². The zero-order valence-corrected chi connectivity index (χ0v) is 9.58. The fourth-order valence-electron chi connectivity index (χ4n) is 0. The van der Waals surface area contributed by atoms with Crippen LogP contribution in [0.1, 0.15) is 0 Å². The fraction of sp³-hybridized carbons (Fsp3) is 1.00. The molecule has 0 amide bonds. The summed E-state index contributed by atoms with van der Waals surface area (Å²) < 4.78 is 59.2. The van der Waals surface area contributed by atoms with Gasteiger partial charge in [-0.15, -0.1) is 0 Å². The van der Waals surface area contributed by atoms with Crippen LogP contribution in [0.5, 0.6) is 0 Å².